The minimum absolute atomic E-state index is 0.0791. The maximum absolute atomic E-state index is 13.3. The number of hydrogen-bond acceptors (Lipinski definition) is 2. The molecule has 0 unspecified atom stereocenters. The zero-order chi connectivity index (χ0) is 16.0. The highest BCUT2D eigenvalue weighted by atomic mass is 35.5. The van der Waals surface area contributed by atoms with Crippen molar-refractivity contribution >= 4 is 54.7 Å². The van der Waals surface area contributed by atoms with Crippen LogP contribution < -0.4 is 0 Å². The van der Waals surface area contributed by atoms with Crippen molar-refractivity contribution < 1.29 is 14.0 Å². The molecule has 21 heavy (non-hydrogen) atoms. The summed E-state index contributed by atoms with van der Waals surface area (Å²) in [6.45, 7) is 0. The van der Waals surface area contributed by atoms with E-state index in [4.69, 9.17) is 11.6 Å². The van der Waals surface area contributed by atoms with Gasteiger partial charge in [-0.25, -0.2) is 4.39 Å². The van der Waals surface area contributed by atoms with Gasteiger partial charge in [0.15, 0.2) is 0 Å². The Labute approximate surface area is 132 Å². The highest BCUT2D eigenvalue weighted by Crippen LogP contribution is 2.32. The minimum atomic E-state index is -0.587. The molecule has 0 atom stereocenters. The maximum atomic E-state index is 13.3. The Balaban J connectivity index is 2.44. The number of amides is 1. The van der Waals surface area contributed by atoms with E-state index in [2.05, 4.69) is 0 Å². The fourth-order valence-electron chi connectivity index (χ4n) is 3.31. The average Bonchev–Trinajstić information content (AvgIpc) is 2.28. The van der Waals surface area contributed by atoms with Gasteiger partial charge in [-0.05, 0) is 28.9 Å². The molecule has 1 aliphatic rings. The Morgan fingerprint density at radius 2 is 1.71 bits per heavy atom. The third kappa shape index (κ3) is 3.05. The lowest BCUT2D eigenvalue weighted by Gasteiger charge is -2.53. The molecule has 0 bridgehead atoms. The van der Waals surface area contributed by atoms with E-state index < -0.39 is 16.5 Å². The molecule has 0 aromatic heterocycles. The van der Waals surface area contributed by atoms with Gasteiger partial charge in [0.25, 0.3) is 5.91 Å². The number of Topliss-reactive ketones (excluding diaryl/α,β-unsaturated/α-hetero) is 1. The van der Waals surface area contributed by atoms with Crippen molar-refractivity contribution in [2.75, 3.05) is 0 Å². The first-order valence-electron chi connectivity index (χ1n) is 6.86. The number of hydrogen-bond donors (Lipinski definition) is 0. The molecule has 2 rings (SSSR count). The van der Waals surface area contributed by atoms with Crippen molar-refractivity contribution in [1.82, 2.24) is 4.90 Å². The van der Waals surface area contributed by atoms with Gasteiger partial charge in [-0.15, -0.1) is 0 Å². The number of rotatable bonds is 1. The predicted molar refractivity (Wildman–Crippen MR) is 91.5 cm³/mol. The van der Waals surface area contributed by atoms with Gasteiger partial charge in [-0.3, -0.25) is 9.59 Å². The average molecular weight is 303 g/mol. The summed E-state index contributed by atoms with van der Waals surface area (Å²) in [5.74, 6) is -0.647. The zero-order valence-corrected chi connectivity index (χ0v) is 13.4. The summed E-state index contributed by atoms with van der Waals surface area (Å²) in [5.41, 5.74) is 0.330. The molecule has 9 heteroatoms. The van der Waals surface area contributed by atoms with Gasteiger partial charge in [0, 0.05) is 18.4 Å². The minimum Gasteiger partial charge on any atom is -0.358 e. The number of benzene rings is 1. The Morgan fingerprint density at radius 3 is 2.19 bits per heavy atom. The fourth-order valence-corrected chi connectivity index (χ4v) is 3.49. The Hall–Kier alpha value is -1.16. The van der Waals surface area contributed by atoms with Crippen LogP contribution in [-0.2, 0) is 4.79 Å². The number of nitrogens with zero attached hydrogens (tertiary/aromatic N) is 1. The van der Waals surface area contributed by atoms with Crippen LogP contribution in [0.3, 0.4) is 0 Å². The number of halogens is 2. The third-order valence-corrected chi connectivity index (χ3v) is 4.13. The van der Waals surface area contributed by atoms with Crippen LogP contribution in [-0.4, -0.2) is 58.7 Å². The first-order valence-corrected chi connectivity index (χ1v) is 7.24. The van der Waals surface area contributed by atoms with Crippen molar-refractivity contribution in [2.45, 2.75) is 23.5 Å². The monoisotopic (exact) mass is 303 g/mol. The summed E-state index contributed by atoms with van der Waals surface area (Å²) in [6, 6.07) is 3.94. The molecule has 1 fully saturated rings. The van der Waals surface area contributed by atoms with Gasteiger partial charge in [-0.2, -0.15) is 0 Å². The molecule has 106 valence electrons. The summed E-state index contributed by atoms with van der Waals surface area (Å²) in [7, 11) is 7.48. The van der Waals surface area contributed by atoms with E-state index in [1.807, 2.05) is 31.4 Å². The Bertz CT molecular complexity index is 603. The molecule has 1 saturated heterocycles. The van der Waals surface area contributed by atoms with E-state index >= 15 is 0 Å². The number of carbonyl (C=O) groups is 2. The topological polar surface area (TPSA) is 37.4 Å². The second kappa shape index (κ2) is 5.24. The van der Waals surface area contributed by atoms with E-state index in [1.165, 1.54) is 18.2 Å². The molecule has 0 saturated carbocycles. The summed E-state index contributed by atoms with van der Waals surface area (Å²) in [5, 5.41) is -1.25. The number of piperidine rings is 1. The molecule has 1 aromatic rings. The highest BCUT2D eigenvalue weighted by Gasteiger charge is 2.46. The molecule has 1 aliphatic heterocycles. The van der Waals surface area contributed by atoms with Crippen LogP contribution in [0.15, 0.2) is 18.2 Å². The maximum Gasteiger partial charge on any atom is 0.252 e. The molecule has 0 spiro atoms. The van der Waals surface area contributed by atoms with Crippen LogP contribution in [0.1, 0.15) is 23.2 Å². The standard InChI is InChI=1S/C12H15B4ClFNO2/c13-11(14)4-7(20)5-12(15,16)19(11)10(21)6-1-2-9(18)8(17)3-6/h1-3H,4-5,13-16H2. The van der Waals surface area contributed by atoms with Gasteiger partial charge in [-0.1, -0.05) is 11.6 Å². The second-order valence-corrected chi connectivity index (χ2v) is 7.19. The Morgan fingerprint density at radius 1 is 1.19 bits per heavy atom. The van der Waals surface area contributed by atoms with E-state index in [0.29, 0.717) is 18.4 Å². The highest BCUT2D eigenvalue weighted by molar-refractivity contribution is 6.48. The van der Waals surface area contributed by atoms with E-state index in [1.54, 1.807) is 4.90 Å². The molecule has 0 radical (unpaired) electrons. The predicted octanol–water partition coefficient (Wildman–Crippen LogP) is -1.88. The van der Waals surface area contributed by atoms with Crippen LogP contribution in [0.4, 0.5) is 4.39 Å². The number of carbonyl (C=O) groups excluding carboxylic acids is 2. The van der Waals surface area contributed by atoms with E-state index in [-0.39, 0.29) is 16.7 Å². The van der Waals surface area contributed by atoms with Crippen molar-refractivity contribution in [3.05, 3.63) is 34.6 Å². The smallest absolute Gasteiger partial charge is 0.252 e. The molecule has 3 nitrogen and oxygen atoms in total. The lowest BCUT2D eigenvalue weighted by atomic mass is 9.46. The summed E-state index contributed by atoms with van der Waals surface area (Å²) >= 11 is 5.76. The lowest BCUT2D eigenvalue weighted by molar-refractivity contribution is -0.123. The summed E-state index contributed by atoms with van der Waals surface area (Å²) < 4.78 is 13.3. The molecule has 0 aliphatic carbocycles. The molecule has 1 heterocycles. The quantitative estimate of drug-likeness (QED) is 0.570. The first kappa shape index (κ1) is 16.2. The van der Waals surface area contributed by atoms with Gasteiger partial charge in [0.2, 0.25) is 0 Å². The van der Waals surface area contributed by atoms with Gasteiger partial charge < -0.3 is 4.90 Å². The van der Waals surface area contributed by atoms with Crippen molar-refractivity contribution in [3.63, 3.8) is 0 Å². The van der Waals surface area contributed by atoms with Crippen LogP contribution in [0, 0.1) is 5.82 Å². The zero-order valence-electron chi connectivity index (χ0n) is 12.7. The molecular weight excluding hydrogens is 288 g/mol. The normalized spacial score (nSPS) is 20.3. The van der Waals surface area contributed by atoms with Crippen LogP contribution in [0.25, 0.3) is 0 Å². The van der Waals surface area contributed by atoms with Crippen molar-refractivity contribution in [1.29, 1.82) is 0 Å². The summed E-state index contributed by atoms with van der Waals surface area (Å²) in [4.78, 5) is 26.4. The van der Waals surface area contributed by atoms with Gasteiger partial charge in [0.05, 0.1) is 5.02 Å². The lowest BCUT2D eigenvalue weighted by Crippen LogP contribution is -2.69. The summed E-state index contributed by atoms with van der Waals surface area (Å²) in [6.07, 6.45) is 0.633. The van der Waals surface area contributed by atoms with Crippen molar-refractivity contribution in [3.8, 4) is 0 Å². The molecule has 1 aromatic carbocycles. The van der Waals surface area contributed by atoms with Crippen LogP contribution in [0.2, 0.25) is 5.02 Å². The largest absolute Gasteiger partial charge is 0.358 e. The van der Waals surface area contributed by atoms with Gasteiger partial charge in [0.1, 0.15) is 43.0 Å². The second-order valence-electron chi connectivity index (χ2n) is 6.79. The number of ketones is 1. The molecule has 1 amide bonds. The Kier molecular flexibility index (Phi) is 4.04. The van der Waals surface area contributed by atoms with E-state index in [0.717, 1.165) is 0 Å². The van der Waals surface area contributed by atoms with Crippen molar-refractivity contribution in [2.24, 2.45) is 0 Å². The van der Waals surface area contributed by atoms with Gasteiger partial charge >= 0.3 is 0 Å². The van der Waals surface area contributed by atoms with Crippen LogP contribution in [0.5, 0.6) is 0 Å². The fraction of sp³-hybridized carbons (Fsp3) is 0.333. The molecule has 0 N–H and O–H groups in total. The molecular formula is C12H15B4ClFNO2. The first-order chi connectivity index (χ1) is 9.54. The van der Waals surface area contributed by atoms with Crippen LogP contribution >= 0.6 is 11.6 Å². The third-order valence-electron chi connectivity index (χ3n) is 3.84. The van der Waals surface area contributed by atoms with E-state index in [9.17, 15) is 14.0 Å². The number of likely N-dealkylation sites (tertiary alicyclic amines) is 1. The SMILES string of the molecule is BC1(B)CC(=O)CC(B)(B)N1C(=O)c1ccc(F)c(Cl)c1.